The van der Waals surface area contributed by atoms with Gasteiger partial charge >= 0.3 is 5.97 Å². The molecule has 2 rings (SSSR count). The highest BCUT2D eigenvalue weighted by atomic mass is 16.5. The van der Waals surface area contributed by atoms with Crippen molar-refractivity contribution in [3.05, 3.63) is 11.7 Å². The van der Waals surface area contributed by atoms with E-state index in [0.29, 0.717) is 18.4 Å². The van der Waals surface area contributed by atoms with Gasteiger partial charge in [0.15, 0.2) is 5.82 Å². The fraction of sp³-hybridized carbons (Fsp3) is 0.769. The van der Waals surface area contributed by atoms with Crippen LogP contribution in [0.5, 0.6) is 0 Å². The van der Waals surface area contributed by atoms with Gasteiger partial charge in [0.25, 0.3) is 0 Å². The standard InChI is InChI=1S/C13H20N2O3/c1-3-17-12(16)8-11-14-13(15-18-11)10-6-4-5-9(2)7-10/h9-10H,3-8H2,1-2H3. The number of ether oxygens (including phenoxy) is 1. The molecule has 18 heavy (non-hydrogen) atoms. The van der Waals surface area contributed by atoms with Crippen LogP contribution in [0.4, 0.5) is 0 Å². The van der Waals surface area contributed by atoms with Crippen LogP contribution < -0.4 is 0 Å². The highest BCUT2D eigenvalue weighted by Gasteiger charge is 2.25. The van der Waals surface area contributed by atoms with E-state index < -0.39 is 0 Å². The summed E-state index contributed by atoms with van der Waals surface area (Å²) in [7, 11) is 0. The molecule has 1 aromatic rings. The summed E-state index contributed by atoms with van der Waals surface area (Å²) in [5.74, 6) is 1.90. The maximum Gasteiger partial charge on any atom is 0.315 e. The molecule has 1 fully saturated rings. The summed E-state index contributed by atoms with van der Waals surface area (Å²) in [4.78, 5) is 15.6. The normalized spacial score (nSPS) is 23.9. The molecule has 5 nitrogen and oxygen atoms in total. The SMILES string of the molecule is CCOC(=O)Cc1nc(C2CCCC(C)C2)no1. The Morgan fingerprint density at radius 1 is 1.50 bits per heavy atom. The van der Waals surface area contributed by atoms with Crippen LogP contribution in [0.1, 0.15) is 57.2 Å². The molecule has 1 aliphatic carbocycles. The van der Waals surface area contributed by atoms with Crippen LogP contribution in [0.3, 0.4) is 0 Å². The maximum atomic E-state index is 11.3. The van der Waals surface area contributed by atoms with Crippen LogP contribution in [0.25, 0.3) is 0 Å². The van der Waals surface area contributed by atoms with Crippen LogP contribution in [-0.2, 0) is 16.0 Å². The van der Waals surface area contributed by atoms with Crippen LogP contribution in [0.15, 0.2) is 4.52 Å². The molecule has 2 unspecified atom stereocenters. The molecule has 0 saturated heterocycles. The van der Waals surface area contributed by atoms with Gasteiger partial charge in [-0.25, -0.2) is 0 Å². The van der Waals surface area contributed by atoms with E-state index in [9.17, 15) is 4.79 Å². The molecule has 0 amide bonds. The molecule has 100 valence electrons. The number of hydrogen-bond donors (Lipinski definition) is 0. The van der Waals surface area contributed by atoms with Crippen molar-refractivity contribution in [3.63, 3.8) is 0 Å². The number of nitrogens with zero attached hydrogens (tertiary/aromatic N) is 2. The van der Waals surface area contributed by atoms with Gasteiger partial charge in [-0.2, -0.15) is 4.98 Å². The second-order valence-corrected chi connectivity index (χ2v) is 5.00. The molecular formula is C13H20N2O3. The Morgan fingerprint density at radius 3 is 3.06 bits per heavy atom. The van der Waals surface area contributed by atoms with Crippen molar-refractivity contribution in [2.75, 3.05) is 6.61 Å². The van der Waals surface area contributed by atoms with Crippen molar-refractivity contribution in [1.82, 2.24) is 10.1 Å². The predicted molar refractivity (Wildman–Crippen MR) is 65.0 cm³/mol. The van der Waals surface area contributed by atoms with Crippen molar-refractivity contribution < 1.29 is 14.1 Å². The average molecular weight is 252 g/mol. The smallest absolute Gasteiger partial charge is 0.315 e. The van der Waals surface area contributed by atoms with Gasteiger partial charge in [-0.05, 0) is 25.7 Å². The number of carbonyl (C=O) groups is 1. The Bertz CT molecular complexity index is 403. The highest BCUT2D eigenvalue weighted by Crippen LogP contribution is 2.34. The Kier molecular flexibility index (Phi) is 4.33. The number of aromatic nitrogens is 2. The lowest BCUT2D eigenvalue weighted by Crippen LogP contribution is -2.13. The summed E-state index contributed by atoms with van der Waals surface area (Å²) in [5.41, 5.74) is 0. The molecule has 0 aromatic carbocycles. The van der Waals surface area contributed by atoms with Gasteiger partial charge < -0.3 is 9.26 Å². The third kappa shape index (κ3) is 3.31. The molecular weight excluding hydrogens is 232 g/mol. The summed E-state index contributed by atoms with van der Waals surface area (Å²) >= 11 is 0. The van der Waals surface area contributed by atoms with E-state index in [0.717, 1.165) is 24.6 Å². The summed E-state index contributed by atoms with van der Waals surface area (Å²) in [6.45, 7) is 4.41. The second kappa shape index (κ2) is 5.98. The summed E-state index contributed by atoms with van der Waals surface area (Å²) in [5, 5.41) is 3.99. The van der Waals surface area contributed by atoms with Gasteiger partial charge in [-0.1, -0.05) is 24.9 Å². The van der Waals surface area contributed by atoms with E-state index in [1.54, 1.807) is 6.92 Å². The summed E-state index contributed by atoms with van der Waals surface area (Å²) in [6, 6.07) is 0. The minimum absolute atomic E-state index is 0.0725. The molecule has 1 aliphatic rings. The van der Waals surface area contributed by atoms with Gasteiger partial charge in [0.1, 0.15) is 6.42 Å². The van der Waals surface area contributed by atoms with Gasteiger partial charge in [0.05, 0.1) is 6.61 Å². The number of rotatable bonds is 4. The van der Waals surface area contributed by atoms with E-state index in [1.165, 1.54) is 12.8 Å². The number of esters is 1. The maximum absolute atomic E-state index is 11.3. The van der Waals surface area contributed by atoms with Crippen LogP contribution in [0, 0.1) is 5.92 Å². The fourth-order valence-electron chi connectivity index (χ4n) is 2.51. The molecule has 1 aromatic heterocycles. The van der Waals surface area contributed by atoms with Crippen molar-refractivity contribution in [3.8, 4) is 0 Å². The number of carbonyl (C=O) groups excluding carboxylic acids is 1. The van der Waals surface area contributed by atoms with Gasteiger partial charge in [0, 0.05) is 5.92 Å². The molecule has 2 atom stereocenters. The zero-order valence-corrected chi connectivity index (χ0v) is 11.0. The molecule has 0 radical (unpaired) electrons. The molecule has 0 aliphatic heterocycles. The predicted octanol–water partition coefficient (Wildman–Crippen LogP) is 2.47. The molecule has 1 saturated carbocycles. The molecule has 0 N–H and O–H groups in total. The van der Waals surface area contributed by atoms with E-state index in [1.807, 2.05) is 0 Å². The Hall–Kier alpha value is -1.39. The lowest BCUT2D eigenvalue weighted by atomic mass is 9.82. The van der Waals surface area contributed by atoms with Gasteiger partial charge in [-0.3, -0.25) is 4.79 Å². The van der Waals surface area contributed by atoms with Gasteiger partial charge in [0.2, 0.25) is 5.89 Å². The number of hydrogen-bond acceptors (Lipinski definition) is 5. The lowest BCUT2D eigenvalue weighted by Gasteiger charge is -2.23. The van der Waals surface area contributed by atoms with Crippen molar-refractivity contribution in [1.29, 1.82) is 0 Å². The monoisotopic (exact) mass is 252 g/mol. The minimum atomic E-state index is -0.315. The quantitative estimate of drug-likeness (QED) is 0.770. The summed E-state index contributed by atoms with van der Waals surface area (Å²) in [6.07, 6.45) is 4.79. The van der Waals surface area contributed by atoms with Crippen molar-refractivity contribution >= 4 is 5.97 Å². The Labute approximate surface area is 107 Å². The van der Waals surface area contributed by atoms with E-state index >= 15 is 0 Å². The Balaban J connectivity index is 1.95. The van der Waals surface area contributed by atoms with E-state index in [2.05, 4.69) is 17.1 Å². The first-order valence-electron chi connectivity index (χ1n) is 6.67. The lowest BCUT2D eigenvalue weighted by molar-refractivity contribution is -0.142. The first-order chi connectivity index (χ1) is 8.69. The largest absolute Gasteiger partial charge is 0.466 e. The molecule has 0 spiro atoms. The third-order valence-corrected chi connectivity index (χ3v) is 3.39. The van der Waals surface area contributed by atoms with E-state index in [-0.39, 0.29) is 12.4 Å². The highest BCUT2D eigenvalue weighted by molar-refractivity contribution is 5.71. The second-order valence-electron chi connectivity index (χ2n) is 5.00. The third-order valence-electron chi connectivity index (χ3n) is 3.39. The van der Waals surface area contributed by atoms with Gasteiger partial charge in [-0.15, -0.1) is 0 Å². The zero-order valence-electron chi connectivity index (χ0n) is 11.0. The summed E-state index contributed by atoms with van der Waals surface area (Å²) < 4.78 is 9.96. The molecule has 1 heterocycles. The van der Waals surface area contributed by atoms with Crippen molar-refractivity contribution in [2.24, 2.45) is 5.92 Å². The topological polar surface area (TPSA) is 65.2 Å². The molecule has 0 bridgehead atoms. The minimum Gasteiger partial charge on any atom is -0.466 e. The first kappa shape index (κ1) is 13.1. The van der Waals surface area contributed by atoms with Crippen LogP contribution in [-0.4, -0.2) is 22.7 Å². The van der Waals surface area contributed by atoms with Crippen LogP contribution in [0.2, 0.25) is 0 Å². The first-order valence-corrected chi connectivity index (χ1v) is 6.67. The molecule has 5 heteroatoms. The van der Waals surface area contributed by atoms with E-state index in [4.69, 9.17) is 9.26 Å². The van der Waals surface area contributed by atoms with Crippen molar-refractivity contribution in [2.45, 2.75) is 51.9 Å². The fourth-order valence-corrected chi connectivity index (χ4v) is 2.51. The van der Waals surface area contributed by atoms with Crippen LogP contribution >= 0.6 is 0 Å². The average Bonchev–Trinajstić information content (AvgIpc) is 2.78. The zero-order chi connectivity index (χ0) is 13.0. The Morgan fingerprint density at radius 2 is 2.33 bits per heavy atom.